The van der Waals surface area contributed by atoms with Crippen molar-refractivity contribution in [2.75, 3.05) is 19.8 Å². The number of epoxide rings is 1. The Morgan fingerprint density at radius 2 is 2.04 bits per heavy atom. The fourth-order valence-electron chi connectivity index (χ4n) is 1.29. The minimum absolute atomic E-state index is 0.00849. The van der Waals surface area contributed by atoms with Crippen molar-refractivity contribution in [1.29, 1.82) is 0 Å². The predicted molar refractivity (Wildman–Crippen MR) is 92.7 cm³/mol. The van der Waals surface area contributed by atoms with Crippen molar-refractivity contribution in [1.82, 2.24) is 0 Å². The first-order valence-corrected chi connectivity index (χ1v) is 9.40. The van der Waals surface area contributed by atoms with Crippen LogP contribution in [0.2, 0.25) is 6.04 Å². The van der Waals surface area contributed by atoms with Crippen LogP contribution in [0, 0.1) is 0 Å². The summed E-state index contributed by atoms with van der Waals surface area (Å²) in [5.74, 6) is -0.682. The highest BCUT2D eigenvalue weighted by Crippen LogP contribution is 2.09. The van der Waals surface area contributed by atoms with Crippen molar-refractivity contribution in [2.45, 2.75) is 45.8 Å². The summed E-state index contributed by atoms with van der Waals surface area (Å²) in [6.07, 6.45) is 4.57. The number of nitrogens with two attached hydrogens (primary N) is 1. The molecule has 0 spiro atoms. The van der Waals surface area contributed by atoms with E-state index in [-0.39, 0.29) is 27.7 Å². The highest BCUT2D eigenvalue weighted by molar-refractivity contribution is 6.27. The maximum Gasteiger partial charge on any atom is 0.333 e. The second-order valence-electron chi connectivity index (χ2n) is 5.34. The SMILES string of the molecule is C/C=C(\C)C(N)=O.C1CC[SiH2]OC1.C=C(C)C(=O)OCC1CO1. The van der Waals surface area contributed by atoms with E-state index in [1.54, 1.807) is 26.8 Å². The lowest BCUT2D eigenvalue weighted by atomic mass is 10.3. The van der Waals surface area contributed by atoms with Crippen molar-refractivity contribution in [3.8, 4) is 0 Å². The molecule has 2 aliphatic rings. The van der Waals surface area contributed by atoms with E-state index in [4.69, 9.17) is 19.6 Å². The van der Waals surface area contributed by atoms with E-state index in [0.717, 1.165) is 6.61 Å². The molecule has 1 atom stereocenters. The summed E-state index contributed by atoms with van der Waals surface area (Å²) in [7, 11) is 0.00849. The molecule has 0 saturated carbocycles. The summed E-state index contributed by atoms with van der Waals surface area (Å²) in [5.41, 5.74) is 5.88. The Bertz CT molecular complexity index is 403. The monoisotopic (exact) mass is 343 g/mol. The van der Waals surface area contributed by atoms with Gasteiger partial charge in [-0.05, 0) is 33.2 Å². The normalized spacial score (nSPS) is 20.3. The van der Waals surface area contributed by atoms with E-state index in [9.17, 15) is 9.59 Å². The predicted octanol–water partition coefficient (Wildman–Crippen LogP) is 1.24. The van der Waals surface area contributed by atoms with Gasteiger partial charge in [-0.3, -0.25) is 4.79 Å². The molecule has 1 unspecified atom stereocenters. The van der Waals surface area contributed by atoms with Gasteiger partial charge < -0.3 is 19.6 Å². The molecule has 0 radical (unpaired) electrons. The van der Waals surface area contributed by atoms with Crippen LogP contribution in [0.5, 0.6) is 0 Å². The van der Waals surface area contributed by atoms with Gasteiger partial charge in [-0.1, -0.05) is 19.1 Å². The molecule has 0 aromatic rings. The summed E-state index contributed by atoms with van der Waals surface area (Å²) >= 11 is 0. The number of rotatable bonds is 4. The molecule has 23 heavy (non-hydrogen) atoms. The van der Waals surface area contributed by atoms with Gasteiger partial charge in [0.1, 0.15) is 12.7 Å². The van der Waals surface area contributed by atoms with Crippen LogP contribution in [-0.4, -0.2) is 47.6 Å². The van der Waals surface area contributed by atoms with Crippen molar-refractivity contribution in [3.63, 3.8) is 0 Å². The van der Waals surface area contributed by atoms with Crippen LogP contribution in [-0.2, 0) is 23.5 Å². The molecule has 2 heterocycles. The number of carbonyl (C=O) groups excluding carboxylic acids is 2. The second kappa shape index (κ2) is 13.0. The third-order valence-electron chi connectivity index (χ3n) is 3.05. The van der Waals surface area contributed by atoms with Crippen LogP contribution in [0.25, 0.3) is 0 Å². The minimum Gasteiger partial charge on any atom is -0.459 e. The van der Waals surface area contributed by atoms with E-state index in [0.29, 0.717) is 24.4 Å². The fourth-order valence-corrected chi connectivity index (χ4v) is 2.46. The second-order valence-corrected chi connectivity index (χ2v) is 6.87. The summed E-state index contributed by atoms with van der Waals surface area (Å²) in [6, 6.07) is 1.42. The molecule has 0 bridgehead atoms. The zero-order valence-electron chi connectivity index (χ0n) is 14.4. The Kier molecular flexibility index (Phi) is 12.2. The molecule has 6 nitrogen and oxygen atoms in total. The third-order valence-corrected chi connectivity index (χ3v) is 4.42. The molecule has 0 aliphatic carbocycles. The summed E-state index contributed by atoms with van der Waals surface area (Å²) < 4.78 is 14.8. The van der Waals surface area contributed by atoms with E-state index < -0.39 is 0 Å². The first-order chi connectivity index (χ1) is 10.9. The Hall–Kier alpha value is -1.44. The van der Waals surface area contributed by atoms with Gasteiger partial charge in [-0.25, -0.2) is 4.79 Å². The number of allylic oxidation sites excluding steroid dienone is 1. The molecule has 0 aromatic heterocycles. The Morgan fingerprint density at radius 3 is 2.26 bits per heavy atom. The van der Waals surface area contributed by atoms with Crippen molar-refractivity contribution in [3.05, 3.63) is 23.8 Å². The maximum absolute atomic E-state index is 10.7. The van der Waals surface area contributed by atoms with Crippen LogP contribution in [0.1, 0.15) is 33.6 Å². The minimum atomic E-state index is -0.345. The largest absolute Gasteiger partial charge is 0.459 e. The molecule has 2 aliphatic heterocycles. The Balaban J connectivity index is 0.000000329. The van der Waals surface area contributed by atoms with Gasteiger partial charge >= 0.3 is 5.97 Å². The van der Waals surface area contributed by atoms with Crippen LogP contribution in [0.3, 0.4) is 0 Å². The number of hydrogen-bond acceptors (Lipinski definition) is 5. The van der Waals surface area contributed by atoms with Crippen LogP contribution in [0.4, 0.5) is 0 Å². The summed E-state index contributed by atoms with van der Waals surface area (Å²) in [5, 5.41) is 0. The molecule has 132 valence electrons. The van der Waals surface area contributed by atoms with Gasteiger partial charge in [0.05, 0.1) is 6.61 Å². The van der Waals surface area contributed by atoms with Crippen LogP contribution in [0.15, 0.2) is 23.8 Å². The average Bonchev–Trinajstić information content (AvgIpc) is 3.38. The van der Waals surface area contributed by atoms with Crippen LogP contribution < -0.4 is 5.73 Å². The highest BCUT2D eigenvalue weighted by atomic mass is 28.2. The lowest BCUT2D eigenvalue weighted by molar-refractivity contribution is -0.139. The van der Waals surface area contributed by atoms with Gasteiger partial charge in [-0.2, -0.15) is 0 Å². The smallest absolute Gasteiger partial charge is 0.333 e. The average molecular weight is 343 g/mol. The number of esters is 1. The number of ether oxygens (including phenoxy) is 2. The molecule has 1 amide bonds. The van der Waals surface area contributed by atoms with E-state index in [2.05, 4.69) is 6.58 Å². The van der Waals surface area contributed by atoms with Crippen molar-refractivity contribution < 1.29 is 23.5 Å². The Morgan fingerprint density at radius 1 is 1.39 bits per heavy atom. The molecule has 0 aromatic carbocycles. The van der Waals surface area contributed by atoms with Gasteiger partial charge in [0.15, 0.2) is 9.76 Å². The number of hydrogen-bond donors (Lipinski definition) is 1. The van der Waals surface area contributed by atoms with Crippen LogP contribution >= 0.6 is 0 Å². The van der Waals surface area contributed by atoms with E-state index >= 15 is 0 Å². The van der Waals surface area contributed by atoms with Gasteiger partial charge in [0.25, 0.3) is 0 Å². The molecule has 2 N–H and O–H groups in total. The molecule has 7 heteroatoms. The molecule has 2 fully saturated rings. The van der Waals surface area contributed by atoms with Crippen molar-refractivity contribution >= 4 is 21.6 Å². The fraction of sp³-hybridized carbons (Fsp3) is 0.625. The number of carbonyl (C=O) groups is 2. The quantitative estimate of drug-likeness (QED) is 0.359. The summed E-state index contributed by atoms with van der Waals surface area (Å²) in [6.45, 7) is 10.7. The Labute approximate surface area is 141 Å². The zero-order chi connectivity index (χ0) is 17.7. The zero-order valence-corrected chi connectivity index (χ0v) is 15.8. The third kappa shape index (κ3) is 13.9. The summed E-state index contributed by atoms with van der Waals surface area (Å²) in [4.78, 5) is 20.8. The van der Waals surface area contributed by atoms with Crippen molar-refractivity contribution in [2.24, 2.45) is 5.73 Å². The topological polar surface area (TPSA) is 91.2 Å². The first-order valence-electron chi connectivity index (χ1n) is 7.83. The highest BCUT2D eigenvalue weighted by Gasteiger charge is 2.24. The first kappa shape index (κ1) is 21.6. The molecule has 2 saturated heterocycles. The molecular formula is C16H29NO5Si. The van der Waals surface area contributed by atoms with Gasteiger partial charge in [0, 0.05) is 17.8 Å². The number of amides is 1. The standard InChI is InChI=1S/C7H10O3.C5H9NO.C4H10OSi/c1-5(2)7(8)10-4-6-3-9-6;1-3-4(2)5(6)7;1-2-4-6-5-3-1/h6H,1,3-4H2,2H3;3H,1-2H3,(H2,6,7);1-4,6H2/b;4-3+;. The maximum atomic E-state index is 10.7. The van der Waals surface area contributed by atoms with E-state index in [1.807, 2.05) is 0 Å². The van der Waals surface area contributed by atoms with Gasteiger partial charge in [0.2, 0.25) is 5.91 Å². The van der Waals surface area contributed by atoms with E-state index in [1.165, 1.54) is 18.9 Å². The lowest BCUT2D eigenvalue weighted by Gasteiger charge is -2.07. The molecule has 2 rings (SSSR count). The van der Waals surface area contributed by atoms with Gasteiger partial charge in [-0.15, -0.1) is 0 Å². The lowest BCUT2D eigenvalue weighted by Crippen LogP contribution is -2.10. The number of primary amides is 1. The molecular weight excluding hydrogens is 314 g/mol.